The lowest BCUT2D eigenvalue weighted by Crippen LogP contribution is -2.17. The highest BCUT2D eigenvalue weighted by Gasteiger charge is 2.39. The molecule has 128 valence electrons. The zero-order chi connectivity index (χ0) is 17.8. The van der Waals surface area contributed by atoms with Gasteiger partial charge in [0.05, 0.1) is 0 Å². The average Bonchev–Trinajstić information content (AvgIpc) is 2.94. The molecule has 1 aliphatic heterocycles. The lowest BCUT2D eigenvalue weighted by molar-refractivity contribution is -0.141. The number of Topliss-reactive ketones (excluding diaryl/α,β-unsaturated/α-hetero) is 1. The number of carbonyl (C=O) groups is 2. The Labute approximate surface area is 146 Å². The molecule has 0 fully saturated rings. The van der Waals surface area contributed by atoms with Crippen LogP contribution in [0.2, 0.25) is 0 Å². The fourth-order valence-electron chi connectivity index (χ4n) is 2.98. The molecule has 0 aliphatic carbocycles. The molecule has 0 radical (unpaired) electrons. The van der Waals surface area contributed by atoms with Gasteiger partial charge < -0.3 is 9.84 Å². The summed E-state index contributed by atoms with van der Waals surface area (Å²) >= 11 is 0. The van der Waals surface area contributed by atoms with E-state index < -0.39 is 23.8 Å². The van der Waals surface area contributed by atoms with Crippen molar-refractivity contribution in [3.8, 4) is 0 Å². The summed E-state index contributed by atoms with van der Waals surface area (Å²) in [5, 5.41) is 10.4. The number of esters is 1. The molecule has 2 aromatic rings. The van der Waals surface area contributed by atoms with E-state index in [0.29, 0.717) is 12.8 Å². The Kier molecular flexibility index (Phi) is 4.98. The maximum Gasteiger partial charge on any atom is 0.346 e. The summed E-state index contributed by atoms with van der Waals surface area (Å²) in [4.78, 5) is 24.8. The van der Waals surface area contributed by atoms with Gasteiger partial charge in [0.2, 0.25) is 0 Å². The fraction of sp³-hybridized carbons (Fsp3) is 0.238. The van der Waals surface area contributed by atoms with Crippen LogP contribution in [0.15, 0.2) is 72.0 Å². The highest BCUT2D eigenvalue weighted by Crippen LogP contribution is 2.29. The number of benzene rings is 2. The number of aryl methyl sites for hydroxylation is 1. The number of hydrogen-bond donors (Lipinski definition) is 1. The Morgan fingerprint density at radius 2 is 1.68 bits per heavy atom. The zero-order valence-electron chi connectivity index (χ0n) is 14.0. The molecule has 1 N–H and O–H groups in total. The zero-order valence-corrected chi connectivity index (χ0v) is 14.0. The van der Waals surface area contributed by atoms with E-state index >= 15 is 0 Å². The second-order valence-electron chi connectivity index (χ2n) is 6.18. The summed E-state index contributed by atoms with van der Waals surface area (Å²) < 4.78 is 5.23. The molecule has 4 nitrogen and oxygen atoms in total. The van der Waals surface area contributed by atoms with Crippen molar-refractivity contribution in [1.82, 2.24) is 0 Å². The first-order valence-electron chi connectivity index (χ1n) is 8.35. The van der Waals surface area contributed by atoms with Crippen LogP contribution in [0.25, 0.3) is 0 Å². The standard InChI is InChI=1S/C21H20O4/c1-14(16-10-6-3-7-11-16)19(22)18-20(23)17(25-21(18)24)13-12-15-8-4-2-5-9-15/h2-11,14,17,23H,12-13H2,1H3. The van der Waals surface area contributed by atoms with Crippen LogP contribution in [0, 0.1) is 0 Å². The number of hydrogen-bond acceptors (Lipinski definition) is 4. The number of ketones is 1. The first-order chi connectivity index (χ1) is 12.1. The smallest absolute Gasteiger partial charge is 0.346 e. The first kappa shape index (κ1) is 17.0. The Morgan fingerprint density at radius 1 is 1.08 bits per heavy atom. The Morgan fingerprint density at radius 3 is 2.32 bits per heavy atom. The highest BCUT2D eigenvalue weighted by atomic mass is 16.6. The third-order valence-corrected chi connectivity index (χ3v) is 4.49. The first-order valence-corrected chi connectivity index (χ1v) is 8.35. The van der Waals surface area contributed by atoms with Crippen molar-refractivity contribution in [1.29, 1.82) is 0 Å². The molecule has 0 amide bonds. The van der Waals surface area contributed by atoms with Crippen LogP contribution in [0.4, 0.5) is 0 Å². The van der Waals surface area contributed by atoms with E-state index in [-0.39, 0.29) is 11.3 Å². The summed E-state index contributed by atoms with van der Waals surface area (Å²) in [6.45, 7) is 1.72. The van der Waals surface area contributed by atoms with Gasteiger partial charge >= 0.3 is 5.97 Å². The number of carbonyl (C=O) groups excluding carboxylic acids is 2. The second-order valence-corrected chi connectivity index (χ2v) is 6.18. The van der Waals surface area contributed by atoms with Crippen LogP contribution >= 0.6 is 0 Å². The average molecular weight is 336 g/mol. The summed E-state index contributed by atoms with van der Waals surface area (Å²) in [6.07, 6.45) is 0.339. The SMILES string of the molecule is CC(C(=O)C1=C(O)C(CCc2ccccc2)OC1=O)c1ccccc1. The van der Waals surface area contributed by atoms with Crippen LogP contribution in [0.5, 0.6) is 0 Å². The van der Waals surface area contributed by atoms with Crippen LogP contribution in [-0.2, 0) is 20.7 Å². The van der Waals surface area contributed by atoms with Crippen molar-refractivity contribution in [2.24, 2.45) is 0 Å². The maximum atomic E-state index is 12.7. The lowest BCUT2D eigenvalue weighted by atomic mass is 9.91. The molecule has 0 spiro atoms. The summed E-state index contributed by atoms with van der Waals surface area (Å²) in [6, 6.07) is 18.9. The van der Waals surface area contributed by atoms with Crippen LogP contribution in [-0.4, -0.2) is 23.0 Å². The van der Waals surface area contributed by atoms with E-state index in [1.807, 2.05) is 60.7 Å². The third kappa shape index (κ3) is 3.63. The second kappa shape index (κ2) is 7.34. The third-order valence-electron chi connectivity index (χ3n) is 4.49. The molecular formula is C21H20O4. The summed E-state index contributed by atoms with van der Waals surface area (Å²) in [5.41, 5.74) is 1.67. The fourth-order valence-corrected chi connectivity index (χ4v) is 2.98. The predicted octanol–water partition coefficient (Wildman–Crippen LogP) is 3.73. The Balaban J connectivity index is 1.74. The van der Waals surface area contributed by atoms with Crippen molar-refractivity contribution >= 4 is 11.8 Å². The van der Waals surface area contributed by atoms with Crippen molar-refractivity contribution in [2.75, 3.05) is 0 Å². The molecule has 2 aromatic carbocycles. The molecule has 1 heterocycles. The van der Waals surface area contributed by atoms with Crippen molar-refractivity contribution in [3.63, 3.8) is 0 Å². The summed E-state index contributed by atoms with van der Waals surface area (Å²) in [7, 11) is 0. The van der Waals surface area contributed by atoms with E-state index in [1.54, 1.807) is 6.92 Å². The molecule has 0 bridgehead atoms. The van der Waals surface area contributed by atoms with Gasteiger partial charge in [0.15, 0.2) is 17.6 Å². The monoisotopic (exact) mass is 336 g/mol. The van der Waals surface area contributed by atoms with Gasteiger partial charge in [-0.3, -0.25) is 4.79 Å². The van der Waals surface area contributed by atoms with E-state index in [9.17, 15) is 14.7 Å². The Bertz CT molecular complexity index is 793. The largest absolute Gasteiger partial charge is 0.507 e. The van der Waals surface area contributed by atoms with Gasteiger partial charge in [-0.1, -0.05) is 67.6 Å². The quantitative estimate of drug-likeness (QED) is 0.645. The molecule has 0 saturated heterocycles. The number of aliphatic hydroxyl groups is 1. The minimum absolute atomic E-state index is 0.214. The molecule has 0 saturated carbocycles. The molecule has 3 rings (SSSR count). The molecule has 0 aromatic heterocycles. The molecular weight excluding hydrogens is 316 g/mol. The maximum absolute atomic E-state index is 12.7. The number of aliphatic hydroxyl groups excluding tert-OH is 1. The number of rotatable bonds is 6. The van der Waals surface area contributed by atoms with Crippen LogP contribution < -0.4 is 0 Å². The van der Waals surface area contributed by atoms with Gasteiger partial charge in [-0.15, -0.1) is 0 Å². The van der Waals surface area contributed by atoms with Gasteiger partial charge in [-0.05, 0) is 24.0 Å². The van der Waals surface area contributed by atoms with Crippen molar-refractivity contribution in [3.05, 3.63) is 83.1 Å². The minimum Gasteiger partial charge on any atom is -0.507 e. The number of ether oxygens (including phenoxy) is 1. The van der Waals surface area contributed by atoms with Crippen LogP contribution in [0.1, 0.15) is 30.4 Å². The Hall–Kier alpha value is -2.88. The van der Waals surface area contributed by atoms with Crippen LogP contribution in [0.3, 0.4) is 0 Å². The molecule has 25 heavy (non-hydrogen) atoms. The topological polar surface area (TPSA) is 63.6 Å². The molecule has 1 aliphatic rings. The van der Waals surface area contributed by atoms with Crippen molar-refractivity contribution < 1.29 is 19.4 Å². The molecule has 2 unspecified atom stereocenters. The molecule has 2 atom stereocenters. The predicted molar refractivity (Wildman–Crippen MR) is 94.2 cm³/mol. The van der Waals surface area contributed by atoms with Gasteiger partial charge in [-0.2, -0.15) is 0 Å². The van der Waals surface area contributed by atoms with E-state index in [2.05, 4.69) is 0 Å². The van der Waals surface area contributed by atoms with E-state index in [0.717, 1.165) is 11.1 Å². The van der Waals surface area contributed by atoms with E-state index in [4.69, 9.17) is 4.74 Å². The van der Waals surface area contributed by atoms with Gasteiger partial charge in [0.25, 0.3) is 0 Å². The summed E-state index contributed by atoms with van der Waals surface area (Å²) in [5.74, 6) is -1.90. The molecule has 4 heteroatoms. The van der Waals surface area contributed by atoms with Gasteiger partial charge in [0.1, 0.15) is 5.57 Å². The highest BCUT2D eigenvalue weighted by molar-refractivity contribution is 6.21. The van der Waals surface area contributed by atoms with Gasteiger partial charge in [-0.25, -0.2) is 4.79 Å². The lowest BCUT2D eigenvalue weighted by Gasteiger charge is -2.10. The van der Waals surface area contributed by atoms with Gasteiger partial charge in [0, 0.05) is 5.92 Å². The minimum atomic E-state index is -0.755. The van der Waals surface area contributed by atoms with E-state index in [1.165, 1.54) is 0 Å². The van der Waals surface area contributed by atoms with Crippen molar-refractivity contribution in [2.45, 2.75) is 31.8 Å². The number of cyclic esters (lactones) is 1. The normalized spacial score (nSPS) is 18.1.